The third-order valence-electron chi connectivity index (χ3n) is 5.28. The van der Waals surface area contributed by atoms with Gasteiger partial charge in [-0.25, -0.2) is 0 Å². The first kappa shape index (κ1) is 16.0. The zero-order valence-electron chi connectivity index (χ0n) is 13.8. The maximum atomic E-state index is 12.5. The fraction of sp³-hybridized carbons (Fsp3) is 0.526. The summed E-state index contributed by atoms with van der Waals surface area (Å²) in [5.41, 5.74) is 3.52. The molecule has 1 amide bonds. The molecule has 2 heterocycles. The van der Waals surface area contributed by atoms with Gasteiger partial charge < -0.3 is 14.6 Å². The number of hydrogen-bond donors (Lipinski definition) is 1. The van der Waals surface area contributed by atoms with Crippen LogP contribution >= 0.6 is 11.6 Å². The average molecular weight is 347 g/mol. The Labute approximate surface area is 147 Å². The molecule has 1 saturated carbocycles. The predicted octanol–water partition coefficient (Wildman–Crippen LogP) is 4.06. The Balaban J connectivity index is 1.44. The molecule has 1 aromatic carbocycles. The van der Waals surface area contributed by atoms with Crippen LogP contribution in [-0.4, -0.2) is 35.0 Å². The van der Waals surface area contributed by atoms with E-state index in [2.05, 4.69) is 4.98 Å². The Morgan fingerprint density at radius 2 is 2.12 bits per heavy atom. The van der Waals surface area contributed by atoms with Gasteiger partial charge in [-0.1, -0.05) is 30.9 Å². The highest BCUT2D eigenvalue weighted by atomic mass is 35.5. The van der Waals surface area contributed by atoms with Gasteiger partial charge in [-0.3, -0.25) is 4.79 Å². The monoisotopic (exact) mass is 346 g/mol. The van der Waals surface area contributed by atoms with Crippen LogP contribution in [0.4, 0.5) is 0 Å². The second-order valence-electron chi connectivity index (χ2n) is 6.91. The number of hydrogen-bond acceptors (Lipinski definition) is 2. The number of fused-ring (bicyclic) bond motifs is 3. The third kappa shape index (κ3) is 3.17. The molecule has 4 rings (SSSR count). The lowest BCUT2D eigenvalue weighted by Gasteiger charge is -2.28. The summed E-state index contributed by atoms with van der Waals surface area (Å²) in [5.74, 6) is 0.0996. The molecule has 1 aliphatic carbocycles. The minimum absolute atomic E-state index is 0.0996. The van der Waals surface area contributed by atoms with Crippen LogP contribution in [0.15, 0.2) is 18.2 Å². The Morgan fingerprint density at radius 3 is 2.96 bits per heavy atom. The number of nitrogens with one attached hydrogen (secondary N) is 1. The van der Waals surface area contributed by atoms with Gasteiger partial charge in [-0.15, -0.1) is 0 Å². The van der Waals surface area contributed by atoms with Crippen LogP contribution in [0.5, 0.6) is 0 Å². The molecular formula is C19H23ClN2O2. The van der Waals surface area contributed by atoms with Crippen molar-refractivity contribution in [1.82, 2.24) is 9.88 Å². The summed E-state index contributed by atoms with van der Waals surface area (Å²) >= 11 is 6.14. The van der Waals surface area contributed by atoms with E-state index >= 15 is 0 Å². The molecule has 24 heavy (non-hydrogen) atoms. The van der Waals surface area contributed by atoms with E-state index in [9.17, 15) is 4.79 Å². The highest BCUT2D eigenvalue weighted by molar-refractivity contribution is 6.31. The van der Waals surface area contributed by atoms with Crippen LogP contribution < -0.4 is 0 Å². The van der Waals surface area contributed by atoms with Crippen LogP contribution in [-0.2, 0) is 22.5 Å². The number of benzene rings is 1. The van der Waals surface area contributed by atoms with E-state index in [1.807, 2.05) is 23.1 Å². The van der Waals surface area contributed by atoms with Crippen LogP contribution in [0.3, 0.4) is 0 Å². The van der Waals surface area contributed by atoms with Gasteiger partial charge in [0.2, 0.25) is 5.91 Å². The number of halogens is 1. The molecule has 0 spiro atoms. The molecule has 128 valence electrons. The Morgan fingerprint density at radius 1 is 1.29 bits per heavy atom. The molecular weight excluding hydrogens is 324 g/mol. The summed E-state index contributed by atoms with van der Waals surface area (Å²) in [5, 5.41) is 1.86. The summed E-state index contributed by atoms with van der Waals surface area (Å²) in [7, 11) is 0. The van der Waals surface area contributed by atoms with Crippen molar-refractivity contribution in [3.05, 3.63) is 34.5 Å². The number of aromatic amines is 1. The molecule has 1 aromatic heterocycles. The predicted molar refractivity (Wildman–Crippen MR) is 95.3 cm³/mol. The van der Waals surface area contributed by atoms with E-state index in [4.69, 9.17) is 16.3 Å². The molecule has 1 N–H and O–H groups in total. The molecule has 0 saturated heterocycles. The van der Waals surface area contributed by atoms with Gasteiger partial charge >= 0.3 is 0 Å². The number of carbonyl (C=O) groups excluding carboxylic acids is 1. The molecule has 0 atom stereocenters. The minimum Gasteiger partial charge on any atom is -0.368 e. The van der Waals surface area contributed by atoms with Crippen molar-refractivity contribution in [3.8, 4) is 0 Å². The molecule has 0 radical (unpaired) electrons. The zero-order chi connectivity index (χ0) is 16.5. The number of amides is 1. The molecule has 1 fully saturated rings. The Kier molecular flexibility index (Phi) is 4.51. The van der Waals surface area contributed by atoms with Gasteiger partial charge in [0.15, 0.2) is 0 Å². The number of carbonyl (C=O) groups is 1. The highest BCUT2D eigenvalue weighted by Crippen LogP contribution is 2.30. The second kappa shape index (κ2) is 6.77. The summed E-state index contributed by atoms with van der Waals surface area (Å²) in [6.45, 7) is 1.60. The van der Waals surface area contributed by atoms with E-state index in [1.54, 1.807) is 0 Å². The SMILES string of the molecule is O=C(COC1CCCCC1)N1CCc2[nH]c3ccc(Cl)cc3c2C1. The van der Waals surface area contributed by atoms with Crippen LogP contribution in [0.1, 0.15) is 43.4 Å². The molecule has 2 aromatic rings. The zero-order valence-corrected chi connectivity index (χ0v) is 14.6. The van der Waals surface area contributed by atoms with Crippen molar-refractivity contribution in [3.63, 3.8) is 0 Å². The topological polar surface area (TPSA) is 45.3 Å². The lowest BCUT2D eigenvalue weighted by atomic mass is 9.98. The van der Waals surface area contributed by atoms with E-state index in [-0.39, 0.29) is 18.6 Å². The first-order valence-electron chi connectivity index (χ1n) is 8.89. The molecule has 0 unspecified atom stereocenters. The van der Waals surface area contributed by atoms with E-state index in [0.717, 1.165) is 41.7 Å². The summed E-state index contributed by atoms with van der Waals surface area (Å²) in [6, 6.07) is 5.89. The molecule has 2 aliphatic rings. The van der Waals surface area contributed by atoms with Crippen molar-refractivity contribution in [2.75, 3.05) is 13.2 Å². The standard InChI is InChI=1S/C19H23ClN2O2/c20-13-6-7-17-15(10-13)16-11-22(9-8-18(16)21-17)19(23)12-24-14-4-2-1-3-5-14/h6-7,10,14,21H,1-5,8-9,11-12H2. The second-order valence-corrected chi connectivity index (χ2v) is 7.34. The van der Waals surface area contributed by atoms with Crippen molar-refractivity contribution in [1.29, 1.82) is 0 Å². The molecule has 0 bridgehead atoms. The molecule has 1 aliphatic heterocycles. The number of H-pyrrole nitrogens is 1. The van der Waals surface area contributed by atoms with Gasteiger partial charge in [0.25, 0.3) is 0 Å². The normalized spacial score (nSPS) is 18.8. The fourth-order valence-electron chi connectivity index (χ4n) is 3.91. The number of nitrogens with zero attached hydrogens (tertiary/aromatic N) is 1. The summed E-state index contributed by atoms with van der Waals surface area (Å²) in [6.07, 6.45) is 7.07. The lowest BCUT2D eigenvalue weighted by molar-refractivity contribution is -0.139. The third-order valence-corrected chi connectivity index (χ3v) is 5.52. The average Bonchev–Trinajstić information content (AvgIpc) is 2.97. The quantitative estimate of drug-likeness (QED) is 0.911. The maximum absolute atomic E-state index is 12.5. The largest absolute Gasteiger partial charge is 0.368 e. The summed E-state index contributed by atoms with van der Waals surface area (Å²) in [4.78, 5) is 17.9. The number of aromatic nitrogens is 1. The van der Waals surface area contributed by atoms with Crippen molar-refractivity contribution in [2.24, 2.45) is 0 Å². The van der Waals surface area contributed by atoms with Gasteiger partial charge in [0.05, 0.1) is 6.10 Å². The molecule has 5 heteroatoms. The highest BCUT2D eigenvalue weighted by Gasteiger charge is 2.25. The number of rotatable bonds is 3. The summed E-state index contributed by atoms with van der Waals surface area (Å²) < 4.78 is 5.85. The van der Waals surface area contributed by atoms with Gasteiger partial charge in [-0.2, -0.15) is 0 Å². The van der Waals surface area contributed by atoms with Gasteiger partial charge in [0.1, 0.15) is 6.61 Å². The Bertz CT molecular complexity index is 749. The maximum Gasteiger partial charge on any atom is 0.248 e. The first-order chi connectivity index (χ1) is 11.7. The van der Waals surface area contributed by atoms with E-state index < -0.39 is 0 Å². The van der Waals surface area contributed by atoms with Crippen LogP contribution in [0.25, 0.3) is 10.9 Å². The smallest absolute Gasteiger partial charge is 0.248 e. The van der Waals surface area contributed by atoms with Crippen molar-refractivity contribution < 1.29 is 9.53 Å². The van der Waals surface area contributed by atoms with Crippen molar-refractivity contribution >= 4 is 28.4 Å². The van der Waals surface area contributed by atoms with Crippen LogP contribution in [0.2, 0.25) is 5.02 Å². The Hall–Kier alpha value is -1.52. The lowest BCUT2D eigenvalue weighted by Crippen LogP contribution is -2.39. The van der Waals surface area contributed by atoms with Gasteiger partial charge in [-0.05, 0) is 31.0 Å². The van der Waals surface area contributed by atoms with E-state index in [0.29, 0.717) is 6.54 Å². The minimum atomic E-state index is 0.0996. The first-order valence-corrected chi connectivity index (χ1v) is 9.27. The molecule has 4 nitrogen and oxygen atoms in total. The van der Waals surface area contributed by atoms with Crippen molar-refractivity contribution in [2.45, 2.75) is 51.2 Å². The fourth-order valence-corrected chi connectivity index (χ4v) is 4.08. The van der Waals surface area contributed by atoms with Gasteiger partial charge in [0, 0.05) is 46.7 Å². The van der Waals surface area contributed by atoms with Crippen LogP contribution in [0, 0.1) is 0 Å². The van der Waals surface area contributed by atoms with E-state index in [1.165, 1.54) is 30.5 Å². The number of ether oxygens (including phenoxy) is 1.